The van der Waals surface area contributed by atoms with Crippen molar-refractivity contribution in [2.45, 2.75) is 33.0 Å². The normalized spacial score (nSPS) is 11.8. The van der Waals surface area contributed by atoms with Gasteiger partial charge in [-0.1, -0.05) is 17.7 Å². The quantitative estimate of drug-likeness (QED) is 0.396. The Hall–Kier alpha value is -3.20. The highest BCUT2D eigenvalue weighted by Gasteiger charge is 2.18. The molecule has 0 fully saturated rings. The van der Waals surface area contributed by atoms with Crippen molar-refractivity contribution in [3.8, 4) is 0 Å². The highest BCUT2D eigenvalue weighted by molar-refractivity contribution is 6.29. The van der Waals surface area contributed by atoms with Crippen LogP contribution in [-0.4, -0.2) is 51.2 Å². The molecule has 0 bridgehead atoms. The van der Waals surface area contributed by atoms with Crippen LogP contribution in [-0.2, 0) is 17.9 Å². The molecule has 30 heavy (non-hydrogen) atoms. The number of aryl methyl sites for hydroxylation is 1. The van der Waals surface area contributed by atoms with Gasteiger partial charge in [-0.25, -0.2) is 9.97 Å². The predicted molar refractivity (Wildman–Crippen MR) is 118 cm³/mol. The molecular weight excluding hydrogens is 404 g/mol. The van der Waals surface area contributed by atoms with Crippen LogP contribution in [0.2, 0.25) is 5.15 Å². The van der Waals surface area contributed by atoms with Gasteiger partial charge in [0.05, 0.1) is 30.2 Å². The summed E-state index contributed by atoms with van der Waals surface area (Å²) in [5, 5.41) is 11.2. The molecule has 3 aromatic heterocycles. The average Bonchev–Trinajstić information content (AvgIpc) is 3.19. The van der Waals surface area contributed by atoms with Crippen LogP contribution < -0.4 is 15.5 Å². The van der Waals surface area contributed by atoms with E-state index in [0.29, 0.717) is 30.0 Å². The van der Waals surface area contributed by atoms with E-state index in [1.165, 1.54) is 0 Å². The summed E-state index contributed by atoms with van der Waals surface area (Å²) in [6, 6.07) is 3.38. The SMILES string of the molecule is CNc1c(C)nc(NCc2cnn(Cc3ccc(Cl)nc3)c2)nc1N(C)C(C)C=O. The van der Waals surface area contributed by atoms with Crippen LogP contribution in [0.5, 0.6) is 0 Å². The lowest BCUT2D eigenvalue weighted by Crippen LogP contribution is -2.32. The van der Waals surface area contributed by atoms with Gasteiger partial charge in [-0.15, -0.1) is 0 Å². The maximum Gasteiger partial charge on any atom is 0.225 e. The Kier molecular flexibility index (Phi) is 6.83. The summed E-state index contributed by atoms with van der Waals surface area (Å²) in [6.07, 6.45) is 6.37. The second-order valence-corrected chi connectivity index (χ2v) is 7.34. The smallest absolute Gasteiger partial charge is 0.225 e. The number of rotatable bonds is 9. The van der Waals surface area contributed by atoms with Crippen molar-refractivity contribution in [3.05, 3.63) is 52.7 Å². The van der Waals surface area contributed by atoms with Crippen LogP contribution in [0.25, 0.3) is 0 Å². The fourth-order valence-corrected chi connectivity index (χ4v) is 3.03. The molecule has 2 N–H and O–H groups in total. The molecule has 0 aromatic carbocycles. The van der Waals surface area contributed by atoms with Crippen molar-refractivity contribution in [1.29, 1.82) is 0 Å². The van der Waals surface area contributed by atoms with E-state index in [1.54, 1.807) is 18.5 Å². The standard InChI is InChI=1S/C20H25ClN8O/c1-13(12-30)28(4)19-18(22-3)14(2)26-20(27-19)24-8-16-9-25-29(11-16)10-15-5-6-17(21)23-7-15/h5-7,9,11-13,22H,8,10H2,1-4H3,(H,24,26,27). The molecule has 1 unspecified atom stereocenters. The van der Waals surface area contributed by atoms with E-state index in [0.717, 1.165) is 28.8 Å². The zero-order valence-electron chi connectivity index (χ0n) is 17.4. The minimum Gasteiger partial charge on any atom is -0.384 e. The summed E-state index contributed by atoms with van der Waals surface area (Å²) < 4.78 is 1.84. The molecule has 9 nitrogen and oxygen atoms in total. The highest BCUT2D eigenvalue weighted by atomic mass is 35.5. The monoisotopic (exact) mass is 428 g/mol. The first-order valence-electron chi connectivity index (χ1n) is 9.51. The van der Waals surface area contributed by atoms with Gasteiger partial charge in [0.15, 0.2) is 5.82 Å². The number of aromatic nitrogens is 5. The molecule has 3 rings (SSSR count). The number of halogens is 1. The Bertz CT molecular complexity index is 1000. The summed E-state index contributed by atoms with van der Waals surface area (Å²) in [4.78, 5) is 26.2. The van der Waals surface area contributed by atoms with Gasteiger partial charge in [0.1, 0.15) is 11.4 Å². The van der Waals surface area contributed by atoms with E-state index in [2.05, 4.69) is 30.7 Å². The third-order valence-electron chi connectivity index (χ3n) is 4.73. The fourth-order valence-electron chi connectivity index (χ4n) is 2.92. The third kappa shape index (κ3) is 5.04. The van der Waals surface area contributed by atoms with E-state index < -0.39 is 0 Å². The molecule has 0 spiro atoms. The number of nitrogens with zero attached hydrogens (tertiary/aromatic N) is 6. The Balaban J connectivity index is 1.71. The molecule has 158 valence electrons. The molecule has 10 heteroatoms. The first-order chi connectivity index (χ1) is 14.4. The van der Waals surface area contributed by atoms with Gasteiger partial charge in [-0.2, -0.15) is 10.1 Å². The Morgan fingerprint density at radius 1 is 1.27 bits per heavy atom. The van der Waals surface area contributed by atoms with Crippen LogP contribution >= 0.6 is 11.6 Å². The highest BCUT2D eigenvalue weighted by Crippen LogP contribution is 2.27. The predicted octanol–water partition coefficient (Wildman–Crippen LogP) is 2.76. The number of aldehydes is 1. The molecule has 0 amide bonds. The number of nitrogens with one attached hydrogen (secondary N) is 2. The second kappa shape index (κ2) is 9.53. The van der Waals surface area contributed by atoms with Gasteiger partial charge >= 0.3 is 0 Å². The number of anilines is 3. The topological polar surface area (TPSA) is 101 Å². The summed E-state index contributed by atoms with van der Waals surface area (Å²) in [5.41, 5.74) is 3.59. The average molecular weight is 429 g/mol. The van der Waals surface area contributed by atoms with Crippen LogP contribution in [0.4, 0.5) is 17.5 Å². The number of hydrogen-bond donors (Lipinski definition) is 2. The Morgan fingerprint density at radius 3 is 2.73 bits per heavy atom. The molecule has 3 heterocycles. The Morgan fingerprint density at radius 2 is 2.07 bits per heavy atom. The summed E-state index contributed by atoms with van der Waals surface area (Å²) in [5.74, 6) is 1.15. The van der Waals surface area contributed by atoms with Crippen LogP contribution in [0.3, 0.4) is 0 Å². The molecule has 0 saturated heterocycles. The van der Waals surface area contributed by atoms with Gasteiger partial charge < -0.3 is 20.3 Å². The minimum atomic E-state index is -0.306. The lowest BCUT2D eigenvalue weighted by molar-refractivity contribution is -0.108. The van der Waals surface area contributed by atoms with Crippen molar-refractivity contribution in [2.24, 2.45) is 0 Å². The first-order valence-corrected chi connectivity index (χ1v) is 9.89. The molecule has 0 aliphatic rings. The molecule has 0 aliphatic heterocycles. The second-order valence-electron chi connectivity index (χ2n) is 6.96. The van der Waals surface area contributed by atoms with E-state index in [4.69, 9.17) is 11.6 Å². The number of carbonyl (C=O) groups is 1. The van der Waals surface area contributed by atoms with E-state index in [-0.39, 0.29) is 6.04 Å². The van der Waals surface area contributed by atoms with Crippen molar-refractivity contribution < 1.29 is 4.79 Å². The molecule has 0 aliphatic carbocycles. The van der Waals surface area contributed by atoms with Gasteiger partial charge in [-0.3, -0.25) is 4.68 Å². The van der Waals surface area contributed by atoms with E-state index >= 15 is 0 Å². The van der Waals surface area contributed by atoms with Crippen LogP contribution in [0.1, 0.15) is 23.7 Å². The third-order valence-corrected chi connectivity index (χ3v) is 4.96. The van der Waals surface area contributed by atoms with E-state index in [9.17, 15) is 4.79 Å². The van der Waals surface area contributed by atoms with Gasteiger partial charge in [-0.05, 0) is 25.5 Å². The molecule has 1 atom stereocenters. The van der Waals surface area contributed by atoms with Gasteiger partial charge in [0, 0.05) is 38.6 Å². The largest absolute Gasteiger partial charge is 0.384 e. The summed E-state index contributed by atoms with van der Waals surface area (Å²) >= 11 is 5.83. The van der Waals surface area contributed by atoms with Gasteiger partial charge in [0.2, 0.25) is 5.95 Å². The molecule has 0 saturated carbocycles. The van der Waals surface area contributed by atoms with Crippen molar-refractivity contribution >= 4 is 35.3 Å². The number of pyridine rings is 1. The van der Waals surface area contributed by atoms with Gasteiger partial charge in [0.25, 0.3) is 0 Å². The lowest BCUT2D eigenvalue weighted by Gasteiger charge is -2.25. The number of likely N-dealkylation sites (N-methyl/N-ethyl adjacent to an activating group) is 1. The summed E-state index contributed by atoms with van der Waals surface area (Å²) in [6.45, 7) is 4.85. The zero-order valence-corrected chi connectivity index (χ0v) is 18.2. The Labute approximate surface area is 180 Å². The number of hydrogen-bond acceptors (Lipinski definition) is 8. The zero-order chi connectivity index (χ0) is 21.7. The minimum absolute atomic E-state index is 0.306. The fraction of sp³-hybridized carbons (Fsp3) is 0.350. The molecular formula is C20H25ClN8O. The lowest BCUT2D eigenvalue weighted by atomic mass is 10.2. The maximum atomic E-state index is 11.2. The van der Waals surface area contributed by atoms with Crippen LogP contribution in [0.15, 0.2) is 30.7 Å². The van der Waals surface area contributed by atoms with E-state index in [1.807, 2.05) is 49.8 Å². The summed E-state index contributed by atoms with van der Waals surface area (Å²) in [7, 11) is 3.65. The maximum absolute atomic E-state index is 11.2. The van der Waals surface area contributed by atoms with Crippen molar-refractivity contribution in [1.82, 2.24) is 24.7 Å². The first kappa shape index (κ1) is 21.5. The van der Waals surface area contributed by atoms with Crippen LogP contribution in [0, 0.1) is 6.92 Å². The molecule has 0 radical (unpaired) electrons. The van der Waals surface area contributed by atoms with Crippen molar-refractivity contribution in [3.63, 3.8) is 0 Å². The number of carbonyl (C=O) groups excluding carboxylic acids is 1. The molecule has 3 aromatic rings. The van der Waals surface area contributed by atoms with Crippen molar-refractivity contribution in [2.75, 3.05) is 29.6 Å².